The topological polar surface area (TPSA) is 69.2 Å². The van der Waals surface area contributed by atoms with Gasteiger partial charge in [0.15, 0.2) is 5.96 Å². The molecule has 8 heteroatoms. The number of aliphatic imine (C=N–C) groups is 1. The second-order valence-corrected chi connectivity index (χ2v) is 8.63. The molecular weight excluding hydrogens is 505 g/mol. The molecule has 1 saturated heterocycles. The summed E-state index contributed by atoms with van der Waals surface area (Å²) in [6.07, 6.45) is 4.53. The third kappa shape index (κ3) is 8.14. The number of carbonyl (C=O) groups excluding carboxylic acids is 1. The molecule has 1 aromatic carbocycles. The van der Waals surface area contributed by atoms with E-state index in [1.807, 2.05) is 18.2 Å². The maximum atomic E-state index is 12.0. The summed E-state index contributed by atoms with van der Waals surface area (Å²) >= 11 is 0. The first-order chi connectivity index (χ1) is 14.5. The average molecular weight is 543 g/mol. The summed E-state index contributed by atoms with van der Waals surface area (Å²) in [6.45, 7) is 7.50. The number of fused-ring (bicyclic) bond motifs is 1. The predicted molar refractivity (Wildman–Crippen MR) is 136 cm³/mol. The van der Waals surface area contributed by atoms with Crippen molar-refractivity contribution in [1.82, 2.24) is 20.4 Å². The molecule has 2 N–H and O–H groups in total. The van der Waals surface area contributed by atoms with E-state index in [4.69, 9.17) is 4.74 Å². The van der Waals surface area contributed by atoms with E-state index < -0.39 is 0 Å². The van der Waals surface area contributed by atoms with Gasteiger partial charge in [-0.3, -0.25) is 4.79 Å². The third-order valence-corrected chi connectivity index (χ3v) is 5.96. The fourth-order valence-corrected chi connectivity index (χ4v) is 3.89. The molecular formula is C23H38IN5O2. The van der Waals surface area contributed by atoms with Gasteiger partial charge in [0.2, 0.25) is 5.91 Å². The van der Waals surface area contributed by atoms with Crippen LogP contribution in [0.1, 0.15) is 44.2 Å². The molecule has 2 aliphatic heterocycles. The number of nitrogens with zero attached hydrogens (tertiary/aromatic N) is 3. The molecule has 0 aliphatic carbocycles. The van der Waals surface area contributed by atoms with Gasteiger partial charge in [-0.15, -0.1) is 24.0 Å². The number of benzene rings is 1. The maximum Gasteiger partial charge on any atom is 0.243 e. The molecule has 1 aromatic rings. The van der Waals surface area contributed by atoms with Crippen LogP contribution in [0.15, 0.2) is 29.3 Å². The van der Waals surface area contributed by atoms with Crippen LogP contribution in [0.2, 0.25) is 0 Å². The standard InChI is InChI=1S/C23H37N5O2.HI/c1-18-9-14-28(15-10-18)13-6-12-24-23(25-17-22(29)27(2)3)26-20-11-16-30-21-8-5-4-7-19(20)21;/h4-5,7-8,18,20H,6,9-17H2,1-3H3,(H2,24,25,26);1H. The lowest BCUT2D eigenvalue weighted by atomic mass is 9.99. The third-order valence-electron chi connectivity index (χ3n) is 5.96. The van der Waals surface area contributed by atoms with Gasteiger partial charge < -0.3 is 25.2 Å². The lowest BCUT2D eigenvalue weighted by molar-refractivity contribution is -0.127. The Balaban J connectivity index is 0.00000341. The minimum atomic E-state index is -0.00841. The number of carbonyl (C=O) groups is 1. The summed E-state index contributed by atoms with van der Waals surface area (Å²) < 4.78 is 5.77. The van der Waals surface area contributed by atoms with Crippen molar-refractivity contribution in [1.29, 1.82) is 0 Å². The van der Waals surface area contributed by atoms with Crippen molar-refractivity contribution in [3.8, 4) is 5.75 Å². The zero-order chi connectivity index (χ0) is 21.3. The molecule has 2 aliphatic rings. The monoisotopic (exact) mass is 543 g/mol. The molecule has 2 heterocycles. The van der Waals surface area contributed by atoms with Crippen LogP contribution in [0, 0.1) is 5.92 Å². The van der Waals surface area contributed by atoms with E-state index >= 15 is 0 Å². The molecule has 174 valence electrons. The van der Waals surface area contributed by atoms with Crippen LogP contribution in [0.25, 0.3) is 0 Å². The van der Waals surface area contributed by atoms with Crippen molar-refractivity contribution >= 4 is 35.8 Å². The molecule has 7 nitrogen and oxygen atoms in total. The van der Waals surface area contributed by atoms with E-state index in [9.17, 15) is 4.79 Å². The van der Waals surface area contributed by atoms with Gasteiger partial charge >= 0.3 is 0 Å². The zero-order valence-corrected chi connectivity index (χ0v) is 21.4. The van der Waals surface area contributed by atoms with E-state index in [1.54, 1.807) is 19.0 Å². The molecule has 0 bridgehead atoms. The fraction of sp³-hybridized carbons (Fsp3) is 0.652. The molecule has 0 aromatic heterocycles. The van der Waals surface area contributed by atoms with Gasteiger partial charge in [0.1, 0.15) is 12.3 Å². The average Bonchev–Trinajstić information content (AvgIpc) is 2.76. The van der Waals surface area contributed by atoms with Crippen molar-refractivity contribution in [2.24, 2.45) is 10.9 Å². The molecule has 1 fully saturated rings. The van der Waals surface area contributed by atoms with Crippen LogP contribution in [0.5, 0.6) is 5.75 Å². The summed E-state index contributed by atoms with van der Waals surface area (Å²) in [7, 11) is 3.51. The molecule has 1 atom stereocenters. The van der Waals surface area contributed by atoms with Gasteiger partial charge in [-0.1, -0.05) is 25.1 Å². The summed E-state index contributed by atoms with van der Waals surface area (Å²) in [5, 5.41) is 6.97. The predicted octanol–water partition coefficient (Wildman–Crippen LogP) is 2.87. The number of hydrogen-bond donors (Lipinski definition) is 2. The van der Waals surface area contributed by atoms with E-state index in [2.05, 4.69) is 33.5 Å². The van der Waals surface area contributed by atoms with Crippen LogP contribution in [-0.4, -0.2) is 75.1 Å². The van der Waals surface area contributed by atoms with Crippen LogP contribution in [0.3, 0.4) is 0 Å². The quantitative estimate of drug-likeness (QED) is 0.240. The van der Waals surface area contributed by atoms with Gasteiger partial charge in [-0.05, 0) is 50.9 Å². The summed E-state index contributed by atoms with van der Waals surface area (Å²) in [4.78, 5) is 20.7. The minimum absolute atomic E-state index is 0. The summed E-state index contributed by atoms with van der Waals surface area (Å²) in [5.41, 5.74) is 1.14. The first-order valence-corrected chi connectivity index (χ1v) is 11.2. The zero-order valence-electron chi connectivity index (χ0n) is 19.1. The second kappa shape index (κ2) is 13.1. The van der Waals surface area contributed by atoms with Crippen molar-refractivity contribution in [2.75, 3.05) is 53.4 Å². The first kappa shape index (κ1) is 25.7. The molecule has 31 heavy (non-hydrogen) atoms. The van der Waals surface area contributed by atoms with Crippen LogP contribution in [0.4, 0.5) is 0 Å². The highest BCUT2D eigenvalue weighted by atomic mass is 127. The second-order valence-electron chi connectivity index (χ2n) is 8.63. The Kier molecular flexibility index (Phi) is 10.9. The Morgan fingerprint density at radius 2 is 1.97 bits per heavy atom. The normalized spacial score (nSPS) is 19.6. The van der Waals surface area contributed by atoms with Gasteiger partial charge in [0.05, 0.1) is 12.6 Å². The number of likely N-dealkylation sites (N-methyl/N-ethyl adjacent to an activating group) is 1. The van der Waals surface area contributed by atoms with E-state index in [0.29, 0.717) is 12.6 Å². The highest BCUT2D eigenvalue weighted by molar-refractivity contribution is 14.0. The molecule has 1 amide bonds. The lowest BCUT2D eigenvalue weighted by Gasteiger charge is -2.30. The summed E-state index contributed by atoms with van der Waals surface area (Å²) in [5.74, 6) is 2.47. The largest absolute Gasteiger partial charge is 0.493 e. The molecule has 1 unspecified atom stereocenters. The summed E-state index contributed by atoms with van der Waals surface area (Å²) in [6, 6.07) is 8.24. The maximum absolute atomic E-state index is 12.0. The number of amides is 1. The van der Waals surface area contributed by atoms with Gasteiger partial charge in [-0.2, -0.15) is 0 Å². The van der Waals surface area contributed by atoms with Gasteiger partial charge in [-0.25, -0.2) is 4.99 Å². The van der Waals surface area contributed by atoms with Crippen LogP contribution in [-0.2, 0) is 4.79 Å². The van der Waals surface area contributed by atoms with Gasteiger partial charge in [0, 0.05) is 32.6 Å². The van der Waals surface area contributed by atoms with E-state index in [0.717, 1.165) is 43.2 Å². The number of hydrogen-bond acceptors (Lipinski definition) is 4. The Morgan fingerprint density at radius 1 is 1.23 bits per heavy atom. The van der Waals surface area contributed by atoms with Crippen molar-refractivity contribution in [3.63, 3.8) is 0 Å². The number of guanidine groups is 1. The van der Waals surface area contributed by atoms with Crippen molar-refractivity contribution in [2.45, 2.75) is 38.6 Å². The van der Waals surface area contributed by atoms with Crippen LogP contribution >= 0.6 is 24.0 Å². The Morgan fingerprint density at radius 3 is 2.71 bits per heavy atom. The molecule has 3 rings (SSSR count). The number of rotatable bonds is 7. The van der Waals surface area contributed by atoms with E-state index in [1.165, 1.54) is 25.9 Å². The number of ether oxygens (including phenoxy) is 1. The number of nitrogens with one attached hydrogen (secondary N) is 2. The Labute approximate surface area is 204 Å². The number of piperidine rings is 1. The van der Waals surface area contributed by atoms with Gasteiger partial charge in [0.25, 0.3) is 0 Å². The highest BCUT2D eigenvalue weighted by Crippen LogP contribution is 2.31. The highest BCUT2D eigenvalue weighted by Gasteiger charge is 2.22. The molecule has 0 spiro atoms. The number of halogens is 1. The van der Waals surface area contributed by atoms with Crippen molar-refractivity contribution < 1.29 is 9.53 Å². The molecule has 0 saturated carbocycles. The Bertz CT molecular complexity index is 720. The fourth-order valence-electron chi connectivity index (χ4n) is 3.89. The molecule has 0 radical (unpaired) electrons. The lowest BCUT2D eigenvalue weighted by Crippen LogP contribution is -2.43. The Hall–Kier alpha value is -1.55. The van der Waals surface area contributed by atoms with Crippen molar-refractivity contribution in [3.05, 3.63) is 29.8 Å². The SMILES string of the molecule is CC1CCN(CCCNC(=NCC(=O)N(C)C)NC2CCOc3ccccc32)CC1.I. The number of likely N-dealkylation sites (tertiary alicyclic amines) is 1. The minimum Gasteiger partial charge on any atom is -0.493 e. The van der Waals surface area contributed by atoms with Crippen LogP contribution < -0.4 is 15.4 Å². The smallest absolute Gasteiger partial charge is 0.243 e. The number of para-hydroxylation sites is 1. The van der Waals surface area contributed by atoms with E-state index in [-0.39, 0.29) is 42.5 Å². The first-order valence-electron chi connectivity index (χ1n) is 11.2.